The van der Waals surface area contributed by atoms with E-state index in [1.54, 1.807) is 0 Å². The Bertz CT molecular complexity index is 88.0. The van der Waals surface area contributed by atoms with Crippen molar-refractivity contribution < 1.29 is 9.57 Å². The average Bonchev–Trinajstić information content (AvgIpc) is 2.45. The predicted molar refractivity (Wildman–Crippen MR) is 30.4 cm³/mol. The van der Waals surface area contributed by atoms with Gasteiger partial charge in [-0.1, -0.05) is 0 Å². The zero-order valence-corrected chi connectivity index (χ0v) is 5.14. The third-order valence-corrected chi connectivity index (χ3v) is 1.73. The van der Waals surface area contributed by atoms with Crippen LogP contribution in [0.4, 0.5) is 0 Å². The first-order chi connectivity index (χ1) is 4.41. The lowest BCUT2D eigenvalue weighted by molar-refractivity contribution is -0.156. The summed E-state index contributed by atoms with van der Waals surface area (Å²) in [5, 5.41) is 3.16. The van der Waals surface area contributed by atoms with E-state index in [1.807, 2.05) is 0 Å². The molecular weight excluding hydrogens is 120 g/mol. The van der Waals surface area contributed by atoms with Crippen LogP contribution in [0.15, 0.2) is 0 Å². The monoisotopic (exact) mass is 130 g/mol. The molecule has 0 aromatic carbocycles. The lowest BCUT2D eigenvalue weighted by Gasteiger charge is -2.16. The molecule has 0 aliphatic carbocycles. The molecule has 0 saturated carbocycles. The van der Waals surface area contributed by atoms with E-state index in [0.29, 0.717) is 6.73 Å². The molecule has 9 heavy (non-hydrogen) atoms. The van der Waals surface area contributed by atoms with Crippen LogP contribution in [0.5, 0.6) is 0 Å². The van der Waals surface area contributed by atoms with Gasteiger partial charge in [-0.15, -0.1) is 0 Å². The van der Waals surface area contributed by atoms with Gasteiger partial charge in [-0.25, -0.2) is 0 Å². The van der Waals surface area contributed by atoms with E-state index in [0.717, 1.165) is 19.5 Å². The van der Waals surface area contributed by atoms with E-state index in [2.05, 4.69) is 10.8 Å². The van der Waals surface area contributed by atoms with Crippen molar-refractivity contribution >= 4 is 0 Å². The van der Waals surface area contributed by atoms with Gasteiger partial charge in [0.25, 0.3) is 0 Å². The van der Waals surface area contributed by atoms with Gasteiger partial charge in [0, 0.05) is 13.0 Å². The van der Waals surface area contributed by atoms with Crippen LogP contribution in [0, 0.1) is 0 Å². The minimum atomic E-state index is -0.333. The van der Waals surface area contributed by atoms with Gasteiger partial charge in [0.05, 0.1) is 6.54 Å². The molecule has 0 amide bonds. The highest BCUT2D eigenvalue weighted by Gasteiger charge is 2.39. The minimum absolute atomic E-state index is 0.333. The van der Waals surface area contributed by atoms with Crippen LogP contribution in [0.3, 0.4) is 0 Å². The van der Waals surface area contributed by atoms with Crippen molar-refractivity contribution in [1.82, 2.24) is 10.8 Å². The summed E-state index contributed by atoms with van der Waals surface area (Å²) in [6.45, 7) is 2.31. The molecule has 2 rings (SSSR count). The van der Waals surface area contributed by atoms with Crippen molar-refractivity contribution in [2.45, 2.75) is 12.2 Å². The standard InChI is InChI=1S/C5H10N2O2/c1-2-6-3-5(1)8-4-7-9-5/h6-7H,1-4H2. The Hall–Kier alpha value is -0.160. The van der Waals surface area contributed by atoms with Gasteiger partial charge in [0.2, 0.25) is 5.79 Å². The summed E-state index contributed by atoms with van der Waals surface area (Å²) in [6, 6.07) is 0. The highest BCUT2D eigenvalue weighted by Crippen LogP contribution is 2.22. The Morgan fingerprint density at radius 2 is 2.44 bits per heavy atom. The van der Waals surface area contributed by atoms with Crippen LogP contribution < -0.4 is 10.8 Å². The van der Waals surface area contributed by atoms with Crippen LogP contribution >= 0.6 is 0 Å². The fraction of sp³-hybridized carbons (Fsp3) is 1.00. The van der Waals surface area contributed by atoms with E-state index < -0.39 is 0 Å². The summed E-state index contributed by atoms with van der Waals surface area (Å²) in [7, 11) is 0. The zero-order chi connectivity index (χ0) is 6.16. The fourth-order valence-corrected chi connectivity index (χ4v) is 1.21. The number of hydrogen-bond donors (Lipinski definition) is 2. The van der Waals surface area contributed by atoms with Gasteiger partial charge in [0.15, 0.2) is 0 Å². The number of hydroxylamine groups is 1. The molecular formula is C5H10N2O2. The van der Waals surface area contributed by atoms with Crippen molar-refractivity contribution in [2.24, 2.45) is 0 Å². The molecule has 0 radical (unpaired) electrons. The molecule has 4 heteroatoms. The third-order valence-electron chi connectivity index (χ3n) is 1.73. The molecule has 2 aliphatic heterocycles. The van der Waals surface area contributed by atoms with Crippen molar-refractivity contribution in [1.29, 1.82) is 0 Å². The highest BCUT2D eigenvalue weighted by atomic mass is 16.8. The average molecular weight is 130 g/mol. The molecule has 1 unspecified atom stereocenters. The largest absolute Gasteiger partial charge is 0.330 e. The highest BCUT2D eigenvalue weighted by molar-refractivity contribution is 4.81. The molecule has 2 N–H and O–H groups in total. The van der Waals surface area contributed by atoms with Gasteiger partial charge >= 0.3 is 0 Å². The maximum absolute atomic E-state index is 5.31. The summed E-state index contributed by atoms with van der Waals surface area (Å²) in [4.78, 5) is 5.17. The first-order valence-electron chi connectivity index (χ1n) is 3.17. The van der Waals surface area contributed by atoms with Crippen molar-refractivity contribution in [3.8, 4) is 0 Å². The second kappa shape index (κ2) is 1.91. The van der Waals surface area contributed by atoms with Crippen molar-refractivity contribution in [3.05, 3.63) is 0 Å². The first kappa shape index (κ1) is 5.61. The Morgan fingerprint density at radius 3 is 3.00 bits per heavy atom. The molecule has 2 aliphatic rings. The number of nitrogens with one attached hydrogen (secondary N) is 2. The maximum Gasteiger partial charge on any atom is 0.202 e. The third kappa shape index (κ3) is 0.840. The summed E-state index contributed by atoms with van der Waals surface area (Å²) >= 11 is 0. The van der Waals surface area contributed by atoms with Gasteiger partial charge in [-0.05, 0) is 0 Å². The maximum atomic E-state index is 5.31. The van der Waals surface area contributed by atoms with Crippen LogP contribution in [0.2, 0.25) is 0 Å². The molecule has 0 aromatic rings. The zero-order valence-electron chi connectivity index (χ0n) is 5.14. The quantitative estimate of drug-likeness (QED) is 0.450. The van der Waals surface area contributed by atoms with E-state index in [1.165, 1.54) is 0 Å². The lowest BCUT2D eigenvalue weighted by Crippen LogP contribution is -2.33. The minimum Gasteiger partial charge on any atom is -0.330 e. The molecule has 0 aromatic heterocycles. The van der Waals surface area contributed by atoms with Crippen molar-refractivity contribution in [2.75, 3.05) is 19.8 Å². The summed E-state index contributed by atoms with van der Waals surface area (Å²) in [5.74, 6) is -0.333. The summed E-state index contributed by atoms with van der Waals surface area (Å²) < 4.78 is 5.31. The molecule has 0 bridgehead atoms. The Morgan fingerprint density at radius 1 is 1.44 bits per heavy atom. The van der Waals surface area contributed by atoms with Crippen LogP contribution in [0.25, 0.3) is 0 Å². The van der Waals surface area contributed by atoms with Gasteiger partial charge in [-0.3, -0.25) is 4.84 Å². The van der Waals surface area contributed by atoms with E-state index in [-0.39, 0.29) is 5.79 Å². The number of rotatable bonds is 0. The van der Waals surface area contributed by atoms with Crippen LogP contribution in [-0.2, 0) is 9.57 Å². The molecule has 2 heterocycles. The summed E-state index contributed by atoms with van der Waals surface area (Å²) in [5.41, 5.74) is 2.69. The van der Waals surface area contributed by atoms with Crippen molar-refractivity contribution in [3.63, 3.8) is 0 Å². The number of hydrogen-bond acceptors (Lipinski definition) is 4. The number of ether oxygens (including phenoxy) is 1. The molecule has 2 fully saturated rings. The molecule has 1 atom stereocenters. The Balaban J connectivity index is 2.04. The molecule has 1 spiro atoms. The predicted octanol–water partition coefficient (Wildman–Crippen LogP) is -0.815. The summed E-state index contributed by atoms with van der Waals surface area (Å²) in [6.07, 6.45) is 0.944. The lowest BCUT2D eigenvalue weighted by atomic mass is 10.2. The molecule has 4 nitrogen and oxygen atoms in total. The molecule has 2 saturated heterocycles. The molecule has 52 valence electrons. The fourth-order valence-electron chi connectivity index (χ4n) is 1.21. The Kier molecular flexibility index (Phi) is 1.19. The van der Waals surface area contributed by atoms with Crippen LogP contribution in [0.1, 0.15) is 6.42 Å². The smallest absolute Gasteiger partial charge is 0.202 e. The van der Waals surface area contributed by atoms with Gasteiger partial charge in [-0.2, -0.15) is 5.48 Å². The van der Waals surface area contributed by atoms with E-state index >= 15 is 0 Å². The topological polar surface area (TPSA) is 42.5 Å². The van der Waals surface area contributed by atoms with E-state index in [4.69, 9.17) is 9.57 Å². The second-order valence-electron chi connectivity index (χ2n) is 2.37. The first-order valence-corrected chi connectivity index (χ1v) is 3.17. The SMILES string of the molecule is C1CC2(CN1)OCNO2. The second-order valence-corrected chi connectivity index (χ2v) is 2.37. The normalized spacial score (nSPS) is 42.7. The van der Waals surface area contributed by atoms with Gasteiger partial charge < -0.3 is 10.1 Å². The Labute approximate surface area is 53.5 Å². The van der Waals surface area contributed by atoms with Crippen LogP contribution in [-0.4, -0.2) is 25.6 Å². The van der Waals surface area contributed by atoms with Gasteiger partial charge in [0.1, 0.15) is 6.73 Å². The van der Waals surface area contributed by atoms with E-state index in [9.17, 15) is 0 Å².